The average molecular weight is 298 g/mol. The molecule has 3 rings (SSSR count). The van der Waals surface area contributed by atoms with Crippen molar-refractivity contribution in [2.24, 2.45) is 0 Å². The smallest absolute Gasteiger partial charge is 0.141 e. The van der Waals surface area contributed by atoms with Crippen LogP contribution in [-0.4, -0.2) is 23.2 Å². The number of nitrogen functional groups attached to an aromatic ring is 1. The van der Waals surface area contributed by atoms with Crippen LogP contribution in [0.1, 0.15) is 49.0 Å². The maximum atomic E-state index is 5.95. The minimum Gasteiger partial charge on any atom is -0.383 e. The van der Waals surface area contributed by atoms with Crippen molar-refractivity contribution in [2.45, 2.75) is 37.5 Å². The summed E-state index contributed by atoms with van der Waals surface area (Å²) < 4.78 is 6.38. The standard InChI is InChI=1S/C12H16BrN3O/c13-9-10(7-3-4-7)15-12(16-11(9)14)8-2-1-5-17-6-8/h7-8H,1-6H2,(H2,14,15,16). The van der Waals surface area contributed by atoms with Gasteiger partial charge in [0, 0.05) is 18.4 Å². The predicted octanol–water partition coefficient (Wildman–Crippen LogP) is 2.59. The van der Waals surface area contributed by atoms with Crippen molar-refractivity contribution in [2.75, 3.05) is 18.9 Å². The zero-order chi connectivity index (χ0) is 11.8. The zero-order valence-electron chi connectivity index (χ0n) is 9.66. The van der Waals surface area contributed by atoms with Gasteiger partial charge in [-0.25, -0.2) is 9.97 Å². The fourth-order valence-corrected chi connectivity index (χ4v) is 2.76. The Morgan fingerprint density at radius 3 is 2.65 bits per heavy atom. The Morgan fingerprint density at radius 2 is 2.00 bits per heavy atom. The quantitative estimate of drug-likeness (QED) is 0.911. The Labute approximate surface area is 109 Å². The Morgan fingerprint density at radius 1 is 1.18 bits per heavy atom. The first-order valence-corrected chi connectivity index (χ1v) is 6.95. The highest BCUT2D eigenvalue weighted by atomic mass is 79.9. The molecule has 2 aliphatic rings. The van der Waals surface area contributed by atoms with Crippen LogP contribution >= 0.6 is 15.9 Å². The van der Waals surface area contributed by atoms with Crippen molar-refractivity contribution in [1.82, 2.24) is 9.97 Å². The molecule has 17 heavy (non-hydrogen) atoms. The third-order valence-electron chi connectivity index (χ3n) is 3.41. The van der Waals surface area contributed by atoms with E-state index < -0.39 is 0 Å². The van der Waals surface area contributed by atoms with Gasteiger partial charge in [0.15, 0.2) is 0 Å². The van der Waals surface area contributed by atoms with Crippen LogP contribution in [0.15, 0.2) is 4.47 Å². The molecule has 1 saturated heterocycles. The third kappa shape index (κ3) is 2.31. The second-order valence-electron chi connectivity index (χ2n) is 4.85. The molecule has 2 heterocycles. The van der Waals surface area contributed by atoms with E-state index in [0.717, 1.165) is 42.0 Å². The van der Waals surface area contributed by atoms with Crippen molar-refractivity contribution < 1.29 is 4.74 Å². The molecule has 0 spiro atoms. The van der Waals surface area contributed by atoms with Gasteiger partial charge in [0.1, 0.15) is 11.6 Å². The predicted molar refractivity (Wildman–Crippen MR) is 68.9 cm³/mol. The van der Waals surface area contributed by atoms with E-state index >= 15 is 0 Å². The highest BCUT2D eigenvalue weighted by Gasteiger charge is 2.30. The average Bonchev–Trinajstić information content (AvgIpc) is 3.18. The van der Waals surface area contributed by atoms with Gasteiger partial charge in [-0.05, 0) is 41.6 Å². The van der Waals surface area contributed by atoms with E-state index in [9.17, 15) is 0 Å². The van der Waals surface area contributed by atoms with Gasteiger partial charge in [-0.3, -0.25) is 0 Å². The second kappa shape index (κ2) is 4.53. The molecular weight excluding hydrogens is 282 g/mol. The SMILES string of the molecule is Nc1nc(C2CCCOC2)nc(C2CC2)c1Br. The van der Waals surface area contributed by atoms with E-state index in [1.54, 1.807) is 0 Å². The molecule has 0 radical (unpaired) electrons. The molecule has 1 aliphatic heterocycles. The van der Waals surface area contributed by atoms with Crippen LogP contribution in [-0.2, 0) is 4.74 Å². The van der Waals surface area contributed by atoms with Gasteiger partial charge in [0.2, 0.25) is 0 Å². The third-order valence-corrected chi connectivity index (χ3v) is 4.22. The largest absolute Gasteiger partial charge is 0.383 e. The Balaban J connectivity index is 1.93. The summed E-state index contributed by atoms with van der Waals surface area (Å²) in [5.74, 6) is 2.34. The van der Waals surface area contributed by atoms with Gasteiger partial charge >= 0.3 is 0 Å². The van der Waals surface area contributed by atoms with Crippen LogP contribution in [0.5, 0.6) is 0 Å². The first-order chi connectivity index (χ1) is 8.25. The van der Waals surface area contributed by atoms with E-state index in [2.05, 4.69) is 20.9 Å². The van der Waals surface area contributed by atoms with Gasteiger partial charge in [-0.2, -0.15) is 0 Å². The van der Waals surface area contributed by atoms with Crippen molar-refractivity contribution in [1.29, 1.82) is 0 Å². The van der Waals surface area contributed by atoms with Crippen LogP contribution in [0, 0.1) is 0 Å². The first kappa shape index (κ1) is 11.4. The maximum Gasteiger partial charge on any atom is 0.141 e. The van der Waals surface area contributed by atoms with Gasteiger partial charge in [0.05, 0.1) is 16.8 Å². The van der Waals surface area contributed by atoms with E-state index in [1.807, 2.05) is 0 Å². The van der Waals surface area contributed by atoms with Gasteiger partial charge < -0.3 is 10.5 Å². The molecule has 1 aromatic rings. The van der Waals surface area contributed by atoms with Crippen molar-refractivity contribution in [3.63, 3.8) is 0 Å². The lowest BCUT2D eigenvalue weighted by Gasteiger charge is -2.21. The molecule has 1 atom stereocenters. The van der Waals surface area contributed by atoms with Crippen LogP contribution in [0.2, 0.25) is 0 Å². The Hall–Kier alpha value is -0.680. The topological polar surface area (TPSA) is 61.0 Å². The second-order valence-corrected chi connectivity index (χ2v) is 5.65. The minimum atomic E-state index is 0.316. The molecule has 2 fully saturated rings. The molecule has 0 aromatic carbocycles. The number of hydrogen-bond acceptors (Lipinski definition) is 4. The molecule has 2 N–H and O–H groups in total. The molecule has 1 aromatic heterocycles. The summed E-state index contributed by atoms with van der Waals surface area (Å²) in [6.45, 7) is 1.59. The normalized spacial score (nSPS) is 24.9. The monoisotopic (exact) mass is 297 g/mol. The summed E-state index contributed by atoms with van der Waals surface area (Å²) in [5, 5.41) is 0. The van der Waals surface area contributed by atoms with Crippen LogP contribution < -0.4 is 5.73 Å². The fourth-order valence-electron chi connectivity index (χ4n) is 2.26. The highest BCUT2D eigenvalue weighted by Crippen LogP contribution is 2.43. The Bertz CT molecular complexity index is 428. The lowest BCUT2D eigenvalue weighted by atomic mass is 10.0. The fraction of sp³-hybridized carbons (Fsp3) is 0.667. The molecule has 1 aliphatic carbocycles. The summed E-state index contributed by atoms with van der Waals surface area (Å²) in [7, 11) is 0. The number of anilines is 1. The molecule has 92 valence electrons. The molecular formula is C12H16BrN3O. The van der Waals surface area contributed by atoms with E-state index in [1.165, 1.54) is 12.8 Å². The number of halogens is 1. The zero-order valence-corrected chi connectivity index (χ0v) is 11.2. The summed E-state index contributed by atoms with van der Waals surface area (Å²) in [6.07, 6.45) is 4.62. The molecule has 5 heteroatoms. The molecule has 0 amide bonds. The summed E-state index contributed by atoms with van der Waals surface area (Å²) in [5.41, 5.74) is 7.05. The van der Waals surface area contributed by atoms with Gasteiger partial charge in [-0.15, -0.1) is 0 Å². The molecule has 0 bridgehead atoms. The van der Waals surface area contributed by atoms with E-state index in [0.29, 0.717) is 17.7 Å². The van der Waals surface area contributed by atoms with Crippen LogP contribution in [0.25, 0.3) is 0 Å². The first-order valence-electron chi connectivity index (χ1n) is 6.16. The molecule has 1 unspecified atom stereocenters. The molecule has 4 nitrogen and oxygen atoms in total. The number of ether oxygens (including phenoxy) is 1. The summed E-state index contributed by atoms with van der Waals surface area (Å²) in [6, 6.07) is 0. The maximum absolute atomic E-state index is 5.95. The summed E-state index contributed by atoms with van der Waals surface area (Å²) in [4.78, 5) is 9.11. The van der Waals surface area contributed by atoms with Gasteiger partial charge in [-0.1, -0.05) is 0 Å². The van der Waals surface area contributed by atoms with Crippen molar-refractivity contribution >= 4 is 21.7 Å². The van der Waals surface area contributed by atoms with E-state index in [-0.39, 0.29) is 0 Å². The van der Waals surface area contributed by atoms with Crippen LogP contribution in [0.3, 0.4) is 0 Å². The van der Waals surface area contributed by atoms with Crippen molar-refractivity contribution in [3.05, 3.63) is 16.0 Å². The number of nitrogens with two attached hydrogens (primary N) is 1. The number of aromatic nitrogens is 2. The number of hydrogen-bond donors (Lipinski definition) is 1. The highest BCUT2D eigenvalue weighted by molar-refractivity contribution is 9.10. The minimum absolute atomic E-state index is 0.316. The molecule has 1 saturated carbocycles. The lowest BCUT2D eigenvalue weighted by molar-refractivity contribution is 0.0780. The lowest BCUT2D eigenvalue weighted by Crippen LogP contribution is -2.19. The number of nitrogens with zero attached hydrogens (tertiary/aromatic N) is 2. The van der Waals surface area contributed by atoms with Crippen molar-refractivity contribution in [3.8, 4) is 0 Å². The van der Waals surface area contributed by atoms with Gasteiger partial charge in [0.25, 0.3) is 0 Å². The number of rotatable bonds is 2. The Kier molecular flexibility index (Phi) is 3.04. The van der Waals surface area contributed by atoms with Crippen LogP contribution in [0.4, 0.5) is 5.82 Å². The van der Waals surface area contributed by atoms with E-state index in [4.69, 9.17) is 15.5 Å². The summed E-state index contributed by atoms with van der Waals surface area (Å²) >= 11 is 3.50.